The zero-order chi connectivity index (χ0) is 15.4. The molecule has 1 aromatic heterocycles. The minimum Gasteiger partial charge on any atom is -0.298 e. The van der Waals surface area contributed by atoms with Gasteiger partial charge < -0.3 is 0 Å². The lowest BCUT2D eigenvalue weighted by molar-refractivity contribution is 0.167. The number of halogens is 3. The third kappa shape index (κ3) is 3.71. The molecule has 1 aromatic carbocycles. The number of carbonyl (C=O) groups excluding carboxylic acids is 1. The Hall–Kier alpha value is -2.12. The Morgan fingerprint density at radius 3 is 2.90 bits per heavy atom. The first-order valence-electron chi connectivity index (χ1n) is 5.62. The molecule has 0 saturated carbocycles. The molecule has 9 heteroatoms. The molecule has 0 fully saturated rings. The summed E-state index contributed by atoms with van der Waals surface area (Å²) in [6.07, 6.45) is 1.46. The van der Waals surface area contributed by atoms with E-state index in [-0.39, 0.29) is 21.4 Å². The van der Waals surface area contributed by atoms with E-state index in [1.54, 1.807) is 7.05 Å². The first-order chi connectivity index (χ1) is 9.99. The predicted octanol–water partition coefficient (Wildman–Crippen LogP) is 3.45. The topological polar surface area (TPSA) is 68.5 Å². The van der Waals surface area contributed by atoms with Gasteiger partial charge in [0.15, 0.2) is 5.15 Å². The Morgan fingerprint density at radius 2 is 2.29 bits per heavy atom. The van der Waals surface area contributed by atoms with Gasteiger partial charge in [-0.05, 0) is 12.1 Å². The van der Waals surface area contributed by atoms with Gasteiger partial charge in [-0.15, -0.1) is 0 Å². The summed E-state index contributed by atoms with van der Waals surface area (Å²) >= 11 is 11.6. The molecule has 0 aliphatic rings. The summed E-state index contributed by atoms with van der Waals surface area (Å²) in [7, 11) is 1.61. The van der Waals surface area contributed by atoms with Crippen molar-refractivity contribution in [3.05, 3.63) is 46.0 Å². The van der Waals surface area contributed by atoms with E-state index in [2.05, 4.69) is 20.4 Å². The van der Waals surface area contributed by atoms with Gasteiger partial charge in [0.1, 0.15) is 11.5 Å². The van der Waals surface area contributed by atoms with Gasteiger partial charge in [-0.3, -0.25) is 14.8 Å². The molecule has 1 N–H and O–H groups in total. The Kier molecular flexibility index (Phi) is 4.77. The van der Waals surface area contributed by atoms with Crippen molar-refractivity contribution >= 4 is 41.2 Å². The second-order valence-corrected chi connectivity index (χ2v) is 4.61. The summed E-state index contributed by atoms with van der Waals surface area (Å²) in [6.45, 7) is 0. The molecule has 0 radical (unpaired) electrons. The van der Waals surface area contributed by atoms with Crippen LogP contribution in [0.1, 0.15) is 5.56 Å². The third-order valence-corrected chi connectivity index (χ3v) is 3.20. The highest BCUT2D eigenvalue weighted by Crippen LogP contribution is 2.20. The van der Waals surface area contributed by atoms with E-state index < -0.39 is 11.9 Å². The van der Waals surface area contributed by atoms with Crippen molar-refractivity contribution in [2.45, 2.75) is 0 Å². The zero-order valence-corrected chi connectivity index (χ0v) is 12.2. The lowest BCUT2D eigenvalue weighted by Crippen LogP contribution is -2.11. The SMILES string of the molecule is Cn1ncc(NC(=O)O/N=C\c2c(F)cccc2Cl)c1Cl. The molecule has 0 bridgehead atoms. The van der Waals surface area contributed by atoms with Crippen molar-refractivity contribution in [1.82, 2.24) is 9.78 Å². The molecule has 0 aliphatic carbocycles. The number of carbonyl (C=O) groups is 1. The lowest BCUT2D eigenvalue weighted by Gasteiger charge is -2.01. The van der Waals surface area contributed by atoms with Crippen LogP contribution in [0.4, 0.5) is 14.9 Å². The van der Waals surface area contributed by atoms with Gasteiger partial charge in [-0.1, -0.05) is 34.4 Å². The largest absolute Gasteiger partial charge is 0.437 e. The van der Waals surface area contributed by atoms with Gasteiger partial charge in [0.25, 0.3) is 0 Å². The van der Waals surface area contributed by atoms with Gasteiger partial charge in [0.2, 0.25) is 0 Å². The molecule has 110 valence electrons. The Labute approximate surface area is 129 Å². The van der Waals surface area contributed by atoms with Gasteiger partial charge >= 0.3 is 6.09 Å². The Bertz CT molecular complexity index is 682. The van der Waals surface area contributed by atoms with Gasteiger partial charge in [-0.2, -0.15) is 5.10 Å². The van der Waals surface area contributed by atoms with E-state index in [1.807, 2.05) is 0 Å². The van der Waals surface area contributed by atoms with Crippen LogP contribution in [-0.4, -0.2) is 22.1 Å². The van der Waals surface area contributed by atoms with Gasteiger partial charge in [0.05, 0.1) is 23.0 Å². The van der Waals surface area contributed by atoms with Crippen molar-refractivity contribution in [1.29, 1.82) is 0 Å². The van der Waals surface area contributed by atoms with E-state index in [4.69, 9.17) is 23.2 Å². The average Bonchev–Trinajstić information content (AvgIpc) is 2.74. The van der Waals surface area contributed by atoms with Crippen LogP contribution in [0.5, 0.6) is 0 Å². The second-order valence-electron chi connectivity index (χ2n) is 3.85. The smallest absolute Gasteiger partial charge is 0.298 e. The molecule has 1 heterocycles. The number of hydrogen-bond acceptors (Lipinski definition) is 4. The van der Waals surface area contributed by atoms with Crippen LogP contribution >= 0.6 is 23.2 Å². The molecule has 6 nitrogen and oxygen atoms in total. The van der Waals surface area contributed by atoms with E-state index in [9.17, 15) is 9.18 Å². The van der Waals surface area contributed by atoms with Crippen molar-refractivity contribution in [3.63, 3.8) is 0 Å². The van der Waals surface area contributed by atoms with Crippen molar-refractivity contribution in [2.24, 2.45) is 12.2 Å². The van der Waals surface area contributed by atoms with E-state index in [0.717, 1.165) is 6.21 Å². The molecule has 0 saturated heterocycles. The number of anilines is 1. The normalized spacial score (nSPS) is 10.9. The number of aromatic nitrogens is 2. The minimum atomic E-state index is -0.895. The molecule has 0 aliphatic heterocycles. The highest BCUT2D eigenvalue weighted by Gasteiger charge is 2.10. The number of nitrogens with one attached hydrogen (secondary N) is 1. The fraction of sp³-hybridized carbons (Fsp3) is 0.0833. The highest BCUT2D eigenvalue weighted by atomic mass is 35.5. The van der Waals surface area contributed by atoms with E-state index in [1.165, 1.54) is 29.1 Å². The van der Waals surface area contributed by atoms with E-state index in [0.29, 0.717) is 0 Å². The van der Waals surface area contributed by atoms with Crippen LogP contribution in [0.3, 0.4) is 0 Å². The molecular formula is C12H9Cl2FN4O2. The summed E-state index contributed by atoms with van der Waals surface area (Å²) < 4.78 is 14.8. The number of nitrogens with zero attached hydrogens (tertiary/aromatic N) is 3. The summed E-state index contributed by atoms with van der Waals surface area (Å²) in [5.41, 5.74) is 0.287. The third-order valence-electron chi connectivity index (χ3n) is 2.42. The van der Waals surface area contributed by atoms with Crippen molar-refractivity contribution in [2.75, 3.05) is 5.32 Å². The summed E-state index contributed by atoms with van der Waals surface area (Å²) in [5, 5.41) is 9.90. The van der Waals surface area contributed by atoms with Crippen LogP contribution in [0, 0.1) is 5.82 Å². The number of hydrogen-bond donors (Lipinski definition) is 1. The maximum absolute atomic E-state index is 13.4. The standard InChI is InChI=1S/C12H9Cl2FN4O2/c1-19-11(14)10(6-16-19)18-12(20)21-17-5-7-8(13)3-2-4-9(7)15/h2-6H,1H3,(H,18,20)/b17-5-. The monoisotopic (exact) mass is 330 g/mol. The van der Waals surface area contributed by atoms with Gasteiger partial charge in [0, 0.05) is 7.05 Å². The van der Waals surface area contributed by atoms with Crippen LogP contribution in [0.25, 0.3) is 0 Å². The van der Waals surface area contributed by atoms with Crippen LogP contribution in [0.2, 0.25) is 10.2 Å². The zero-order valence-electron chi connectivity index (χ0n) is 10.7. The molecule has 21 heavy (non-hydrogen) atoms. The first kappa shape index (κ1) is 15.3. The van der Waals surface area contributed by atoms with Crippen LogP contribution in [-0.2, 0) is 11.9 Å². The maximum atomic E-state index is 13.4. The molecule has 0 spiro atoms. The number of benzene rings is 1. The van der Waals surface area contributed by atoms with E-state index >= 15 is 0 Å². The van der Waals surface area contributed by atoms with Crippen molar-refractivity contribution < 1.29 is 14.0 Å². The molecule has 1 amide bonds. The molecule has 0 unspecified atom stereocenters. The minimum absolute atomic E-state index is 0.0198. The average molecular weight is 331 g/mol. The quantitative estimate of drug-likeness (QED) is 0.532. The molecule has 2 aromatic rings. The second kappa shape index (κ2) is 6.55. The van der Waals surface area contributed by atoms with Crippen LogP contribution < -0.4 is 5.32 Å². The summed E-state index contributed by atoms with van der Waals surface area (Å²) in [6, 6.07) is 4.15. The fourth-order valence-electron chi connectivity index (χ4n) is 1.40. The summed E-state index contributed by atoms with van der Waals surface area (Å²) in [4.78, 5) is 16.0. The Balaban J connectivity index is 1.98. The molecule has 2 rings (SSSR count). The number of amides is 1. The highest BCUT2D eigenvalue weighted by molar-refractivity contribution is 6.33. The molecular weight excluding hydrogens is 322 g/mol. The Morgan fingerprint density at radius 1 is 1.52 bits per heavy atom. The van der Waals surface area contributed by atoms with Crippen LogP contribution in [0.15, 0.2) is 29.6 Å². The predicted molar refractivity (Wildman–Crippen MR) is 77.3 cm³/mol. The lowest BCUT2D eigenvalue weighted by atomic mass is 10.2. The number of oxime groups is 1. The van der Waals surface area contributed by atoms with Gasteiger partial charge in [-0.25, -0.2) is 9.18 Å². The molecule has 0 atom stereocenters. The summed E-state index contributed by atoms with van der Waals surface area (Å²) in [5.74, 6) is -0.578. The fourth-order valence-corrected chi connectivity index (χ4v) is 1.75. The number of rotatable bonds is 3. The first-order valence-corrected chi connectivity index (χ1v) is 6.37. The van der Waals surface area contributed by atoms with Crippen molar-refractivity contribution in [3.8, 4) is 0 Å². The maximum Gasteiger partial charge on any atom is 0.437 e. The number of aryl methyl sites for hydroxylation is 1.